The number of rotatable bonds is 4. The lowest BCUT2D eigenvalue weighted by Gasteiger charge is -2.09. The van der Waals surface area contributed by atoms with Crippen molar-refractivity contribution in [2.45, 2.75) is 19.4 Å². The van der Waals surface area contributed by atoms with Gasteiger partial charge >= 0.3 is 0 Å². The molecule has 0 saturated carbocycles. The Kier molecular flexibility index (Phi) is 3.15. The molecule has 1 N–H and O–H groups in total. The van der Waals surface area contributed by atoms with Gasteiger partial charge in [0.25, 0.3) is 0 Å². The van der Waals surface area contributed by atoms with Crippen molar-refractivity contribution in [1.82, 2.24) is 5.32 Å². The first kappa shape index (κ1) is 11.0. The van der Waals surface area contributed by atoms with Crippen LogP contribution >= 0.6 is 0 Å². The fourth-order valence-corrected chi connectivity index (χ4v) is 1.94. The molecule has 0 aliphatic heterocycles. The van der Waals surface area contributed by atoms with E-state index >= 15 is 0 Å². The van der Waals surface area contributed by atoms with Gasteiger partial charge in [-0.25, -0.2) is 0 Å². The summed E-state index contributed by atoms with van der Waals surface area (Å²) in [6, 6.07) is 8.25. The molecule has 16 heavy (non-hydrogen) atoms. The molecule has 0 fully saturated rings. The van der Waals surface area contributed by atoms with Crippen molar-refractivity contribution in [1.29, 1.82) is 0 Å². The van der Waals surface area contributed by atoms with Crippen molar-refractivity contribution in [3.8, 4) is 5.75 Å². The van der Waals surface area contributed by atoms with Gasteiger partial charge in [0.1, 0.15) is 5.76 Å². The van der Waals surface area contributed by atoms with Crippen LogP contribution in [0.4, 0.5) is 0 Å². The Labute approximate surface area is 95.4 Å². The van der Waals surface area contributed by atoms with E-state index in [-0.39, 0.29) is 6.04 Å². The first-order chi connectivity index (χ1) is 7.80. The molecule has 0 bridgehead atoms. The van der Waals surface area contributed by atoms with Gasteiger partial charge in [-0.2, -0.15) is 0 Å². The van der Waals surface area contributed by atoms with Crippen molar-refractivity contribution in [2.75, 3.05) is 14.2 Å². The predicted octanol–water partition coefficient (Wildman–Crippen LogP) is 3.11. The molecule has 2 aromatic rings. The topological polar surface area (TPSA) is 34.4 Å². The number of nitrogens with one attached hydrogen (secondary N) is 1. The third-order valence-electron chi connectivity index (χ3n) is 2.85. The summed E-state index contributed by atoms with van der Waals surface area (Å²) in [5.74, 6) is 1.75. The van der Waals surface area contributed by atoms with Crippen LogP contribution in [0.3, 0.4) is 0 Å². The molecule has 1 heterocycles. The van der Waals surface area contributed by atoms with Crippen LogP contribution in [0.25, 0.3) is 11.0 Å². The summed E-state index contributed by atoms with van der Waals surface area (Å²) in [6.07, 6.45) is 0.999. The van der Waals surface area contributed by atoms with Crippen LogP contribution in [0.1, 0.15) is 25.1 Å². The van der Waals surface area contributed by atoms with Crippen molar-refractivity contribution in [2.24, 2.45) is 0 Å². The van der Waals surface area contributed by atoms with Crippen molar-refractivity contribution >= 4 is 11.0 Å². The van der Waals surface area contributed by atoms with Crippen LogP contribution in [0, 0.1) is 0 Å². The minimum Gasteiger partial charge on any atom is -0.493 e. The molecule has 0 spiro atoms. The average molecular weight is 219 g/mol. The molecule has 0 radical (unpaired) electrons. The number of para-hydroxylation sites is 1. The van der Waals surface area contributed by atoms with Crippen LogP contribution in [-0.4, -0.2) is 14.2 Å². The summed E-state index contributed by atoms with van der Waals surface area (Å²) in [4.78, 5) is 0. The van der Waals surface area contributed by atoms with E-state index in [0.29, 0.717) is 0 Å². The van der Waals surface area contributed by atoms with Gasteiger partial charge in [-0.3, -0.25) is 0 Å². The quantitative estimate of drug-likeness (QED) is 0.858. The normalized spacial score (nSPS) is 12.9. The first-order valence-electron chi connectivity index (χ1n) is 5.53. The first-order valence-corrected chi connectivity index (χ1v) is 5.53. The minimum absolute atomic E-state index is 0.261. The molecule has 0 amide bonds. The van der Waals surface area contributed by atoms with E-state index in [2.05, 4.69) is 18.3 Å². The molecule has 86 valence electrons. The van der Waals surface area contributed by atoms with E-state index in [1.165, 1.54) is 0 Å². The minimum atomic E-state index is 0.261. The summed E-state index contributed by atoms with van der Waals surface area (Å²) in [5, 5.41) is 4.32. The van der Waals surface area contributed by atoms with Gasteiger partial charge in [0.15, 0.2) is 11.3 Å². The summed E-state index contributed by atoms with van der Waals surface area (Å²) >= 11 is 0. The lowest BCUT2D eigenvalue weighted by atomic mass is 10.1. The molecule has 3 heteroatoms. The second-order valence-electron chi connectivity index (χ2n) is 3.78. The largest absolute Gasteiger partial charge is 0.493 e. The second-order valence-corrected chi connectivity index (χ2v) is 3.78. The van der Waals surface area contributed by atoms with Crippen molar-refractivity contribution in [3.05, 3.63) is 30.0 Å². The fourth-order valence-electron chi connectivity index (χ4n) is 1.94. The Morgan fingerprint density at radius 3 is 2.88 bits per heavy atom. The summed E-state index contributed by atoms with van der Waals surface area (Å²) < 4.78 is 11.1. The maximum absolute atomic E-state index is 5.85. The number of hydrogen-bond donors (Lipinski definition) is 1. The van der Waals surface area contributed by atoms with E-state index in [4.69, 9.17) is 9.15 Å². The third kappa shape index (κ3) is 1.78. The zero-order chi connectivity index (χ0) is 11.5. The van der Waals surface area contributed by atoms with E-state index in [1.54, 1.807) is 7.11 Å². The number of furan rings is 1. The number of fused-ring (bicyclic) bond motifs is 1. The smallest absolute Gasteiger partial charge is 0.176 e. The van der Waals surface area contributed by atoms with Gasteiger partial charge in [-0.1, -0.05) is 19.1 Å². The van der Waals surface area contributed by atoms with Crippen LogP contribution in [0.15, 0.2) is 28.7 Å². The highest BCUT2D eigenvalue weighted by atomic mass is 16.5. The van der Waals surface area contributed by atoms with E-state index in [0.717, 1.165) is 28.9 Å². The van der Waals surface area contributed by atoms with E-state index < -0.39 is 0 Å². The number of ether oxygens (including phenoxy) is 1. The van der Waals surface area contributed by atoms with Gasteiger partial charge in [-0.15, -0.1) is 0 Å². The zero-order valence-corrected chi connectivity index (χ0v) is 9.91. The van der Waals surface area contributed by atoms with Gasteiger partial charge in [-0.05, 0) is 25.6 Å². The molecule has 0 aliphatic carbocycles. The summed E-state index contributed by atoms with van der Waals surface area (Å²) in [7, 11) is 3.60. The highest BCUT2D eigenvalue weighted by molar-refractivity contribution is 5.83. The number of hydrogen-bond acceptors (Lipinski definition) is 3. The molecule has 2 rings (SSSR count). The Bertz CT molecular complexity index is 472. The molecule has 1 aromatic heterocycles. The predicted molar refractivity (Wildman–Crippen MR) is 64.9 cm³/mol. The van der Waals surface area contributed by atoms with Crippen molar-refractivity contribution < 1.29 is 9.15 Å². The number of benzene rings is 1. The molecule has 1 unspecified atom stereocenters. The molecule has 0 aliphatic rings. The average Bonchev–Trinajstić information content (AvgIpc) is 2.73. The Hall–Kier alpha value is -1.48. The molecular weight excluding hydrogens is 202 g/mol. The van der Waals surface area contributed by atoms with Gasteiger partial charge < -0.3 is 14.5 Å². The molecule has 3 nitrogen and oxygen atoms in total. The lowest BCUT2D eigenvalue weighted by Crippen LogP contribution is -2.14. The van der Waals surface area contributed by atoms with Gasteiger partial charge in [0, 0.05) is 5.39 Å². The van der Waals surface area contributed by atoms with Crippen molar-refractivity contribution in [3.63, 3.8) is 0 Å². The fraction of sp³-hybridized carbons (Fsp3) is 0.385. The SMILES string of the molecule is CCC(NC)c1cc2cccc(OC)c2o1. The number of methoxy groups -OCH3 is 1. The zero-order valence-electron chi connectivity index (χ0n) is 9.91. The Morgan fingerprint density at radius 2 is 2.25 bits per heavy atom. The van der Waals surface area contributed by atoms with Crippen LogP contribution in [0.2, 0.25) is 0 Å². The third-order valence-corrected chi connectivity index (χ3v) is 2.85. The summed E-state index contributed by atoms with van der Waals surface area (Å²) in [6.45, 7) is 2.13. The highest BCUT2D eigenvalue weighted by Crippen LogP contribution is 2.31. The Morgan fingerprint density at radius 1 is 1.44 bits per heavy atom. The highest BCUT2D eigenvalue weighted by Gasteiger charge is 2.14. The second kappa shape index (κ2) is 4.58. The molecule has 1 atom stereocenters. The maximum atomic E-state index is 5.85. The van der Waals surface area contributed by atoms with E-state index in [1.807, 2.05) is 25.2 Å². The standard InChI is InChI=1S/C13H17NO2/c1-4-10(14-2)12-8-9-6-5-7-11(15-3)13(9)16-12/h5-8,10,14H,4H2,1-3H3. The molecule has 0 saturated heterocycles. The van der Waals surface area contributed by atoms with Gasteiger partial charge in [0.2, 0.25) is 0 Å². The Balaban J connectivity index is 2.50. The lowest BCUT2D eigenvalue weighted by molar-refractivity contribution is 0.398. The monoisotopic (exact) mass is 219 g/mol. The van der Waals surface area contributed by atoms with Gasteiger partial charge in [0.05, 0.1) is 13.2 Å². The van der Waals surface area contributed by atoms with E-state index in [9.17, 15) is 0 Å². The van der Waals surface area contributed by atoms with Crippen LogP contribution < -0.4 is 10.1 Å². The molecular formula is C13H17NO2. The van der Waals surface area contributed by atoms with Crippen LogP contribution in [-0.2, 0) is 0 Å². The van der Waals surface area contributed by atoms with Crippen LogP contribution in [0.5, 0.6) is 5.75 Å². The summed E-state index contributed by atoms with van der Waals surface area (Å²) in [5.41, 5.74) is 0.828. The maximum Gasteiger partial charge on any atom is 0.176 e. The molecule has 1 aromatic carbocycles.